The van der Waals surface area contributed by atoms with Gasteiger partial charge in [-0.1, -0.05) is 76.4 Å². The van der Waals surface area contributed by atoms with Crippen LogP contribution in [0.15, 0.2) is 53.7 Å². The molecule has 0 unspecified atom stereocenters. The van der Waals surface area contributed by atoms with Crippen molar-refractivity contribution in [2.75, 3.05) is 4.90 Å². The number of oxime groups is 1. The van der Waals surface area contributed by atoms with Gasteiger partial charge in [0.05, 0.1) is 12.2 Å². The summed E-state index contributed by atoms with van der Waals surface area (Å²) in [6.07, 6.45) is 0. The van der Waals surface area contributed by atoms with Crippen molar-refractivity contribution < 1.29 is 14.4 Å². The summed E-state index contributed by atoms with van der Waals surface area (Å²) in [4.78, 5) is 29.1. The molecule has 0 saturated carbocycles. The predicted octanol–water partition coefficient (Wildman–Crippen LogP) is 3.59. The molecule has 0 aromatic heterocycles. The fraction of sp³-hybridized carbons (Fsp3) is 0.167. The Hall–Kier alpha value is -2.37. The molecule has 0 saturated heterocycles. The molecule has 3 rings (SSSR count). The zero-order chi connectivity index (χ0) is 18.0. The maximum Gasteiger partial charge on any atom is 0.367 e. The zero-order valence-corrected chi connectivity index (χ0v) is 14.8. The van der Waals surface area contributed by atoms with E-state index < -0.39 is 10.8 Å². The Bertz CT molecular complexity index is 848. The van der Waals surface area contributed by atoms with Crippen LogP contribution in [0.4, 0.5) is 5.69 Å². The summed E-state index contributed by atoms with van der Waals surface area (Å²) in [6.45, 7) is 2.39. The fourth-order valence-corrected chi connectivity index (χ4v) is 2.59. The largest absolute Gasteiger partial charge is 0.367 e. The van der Waals surface area contributed by atoms with Gasteiger partial charge >= 0.3 is 5.97 Å². The summed E-state index contributed by atoms with van der Waals surface area (Å²) in [6, 6.07) is 15.1. The van der Waals surface area contributed by atoms with Crippen LogP contribution in [0.1, 0.15) is 16.7 Å². The molecule has 25 heavy (non-hydrogen) atoms. The molecule has 0 fully saturated rings. The van der Waals surface area contributed by atoms with Crippen LogP contribution in [0.5, 0.6) is 0 Å². The van der Waals surface area contributed by atoms with Crippen LogP contribution in [0.25, 0.3) is 0 Å². The highest BCUT2D eigenvalue weighted by Gasteiger charge is 2.34. The number of nitrogens with zero attached hydrogens (tertiary/aromatic N) is 2. The van der Waals surface area contributed by atoms with Crippen molar-refractivity contribution >= 4 is 46.5 Å². The number of alkyl halides is 2. The summed E-state index contributed by atoms with van der Waals surface area (Å²) in [5, 5.41) is 3.68. The third-order valence-electron chi connectivity index (χ3n) is 3.76. The summed E-state index contributed by atoms with van der Waals surface area (Å²) >= 11 is 10.9. The summed E-state index contributed by atoms with van der Waals surface area (Å²) in [7, 11) is 0. The number of aryl methyl sites for hydroxylation is 1. The Morgan fingerprint density at radius 1 is 1.16 bits per heavy atom. The molecule has 0 radical (unpaired) electrons. The number of rotatable bonds is 4. The number of amides is 1. The molecule has 1 amide bonds. The molecule has 128 valence electrons. The van der Waals surface area contributed by atoms with Gasteiger partial charge in [-0.2, -0.15) is 0 Å². The van der Waals surface area contributed by atoms with E-state index in [0.717, 1.165) is 11.1 Å². The molecular formula is C18H14Cl2N2O3. The molecule has 0 N–H and O–H groups in total. The highest BCUT2D eigenvalue weighted by atomic mass is 35.5. The van der Waals surface area contributed by atoms with Crippen LogP contribution in [-0.4, -0.2) is 22.4 Å². The highest BCUT2D eigenvalue weighted by molar-refractivity contribution is 6.54. The van der Waals surface area contributed by atoms with Gasteiger partial charge in [0.25, 0.3) is 5.91 Å². The number of hydrogen-bond donors (Lipinski definition) is 0. The molecular weight excluding hydrogens is 363 g/mol. The van der Waals surface area contributed by atoms with Gasteiger partial charge in [-0.05, 0) is 18.6 Å². The fourth-order valence-electron chi connectivity index (χ4n) is 2.51. The lowest BCUT2D eigenvalue weighted by atomic mass is 10.1. The number of carbonyl (C=O) groups excluding carboxylic acids is 2. The summed E-state index contributed by atoms with van der Waals surface area (Å²) in [5.41, 5.74) is 3.46. The molecule has 1 aliphatic rings. The first-order chi connectivity index (χ1) is 12.0. The Morgan fingerprint density at radius 3 is 2.52 bits per heavy atom. The van der Waals surface area contributed by atoms with Crippen molar-refractivity contribution in [3.05, 3.63) is 65.2 Å². The standard InChI is InChI=1S/C18H14Cl2N2O3/c1-11-6-8-12(9-7-11)10-22-14-5-3-2-4-13(14)15(17(22)23)21-25-18(24)16(19)20/h2-9,16H,10H2,1H3/b21-15+. The van der Waals surface area contributed by atoms with E-state index in [1.54, 1.807) is 17.0 Å². The van der Waals surface area contributed by atoms with Crippen LogP contribution in [-0.2, 0) is 21.0 Å². The third kappa shape index (κ3) is 3.67. The van der Waals surface area contributed by atoms with Crippen molar-refractivity contribution in [2.24, 2.45) is 5.16 Å². The number of carbonyl (C=O) groups is 2. The van der Waals surface area contributed by atoms with Gasteiger partial charge in [-0.3, -0.25) is 4.79 Å². The van der Waals surface area contributed by atoms with E-state index in [-0.39, 0.29) is 11.6 Å². The number of halogens is 2. The monoisotopic (exact) mass is 376 g/mol. The number of para-hydroxylation sites is 1. The highest BCUT2D eigenvalue weighted by Crippen LogP contribution is 2.30. The van der Waals surface area contributed by atoms with Crippen LogP contribution in [0.3, 0.4) is 0 Å². The average molecular weight is 377 g/mol. The summed E-state index contributed by atoms with van der Waals surface area (Å²) < 4.78 is 0. The molecule has 1 aliphatic heterocycles. The van der Waals surface area contributed by atoms with Gasteiger partial charge in [-0.15, -0.1) is 0 Å². The first kappa shape index (κ1) is 17.5. The van der Waals surface area contributed by atoms with E-state index in [1.807, 2.05) is 43.3 Å². The van der Waals surface area contributed by atoms with Crippen LogP contribution >= 0.6 is 23.2 Å². The van der Waals surface area contributed by atoms with Crippen LogP contribution < -0.4 is 4.90 Å². The van der Waals surface area contributed by atoms with Crippen molar-refractivity contribution in [1.29, 1.82) is 0 Å². The molecule has 2 aromatic carbocycles. The minimum Gasteiger partial charge on any atom is -0.314 e. The van der Waals surface area contributed by atoms with Crippen molar-refractivity contribution in [1.82, 2.24) is 0 Å². The lowest BCUT2D eigenvalue weighted by Crippen LogP contribution is -2.30. The maximum atomic E-state index is 12.8. The zero-order valence-electron chi connectivity index (χ0n) is 13.3. The molecule has 2 aromatic rings. The van der Waals surface area contributed by atoms with Gasteiger partial charge in [-0.25, -0.2) is 4.79 Å². The minimum absolute atomic E-state index is 0.0463. The number of hydrogen-bond acceptors (Lipinski definition) is 4. The normalized spacial score (nSPS) is 15.0. The Labute approximate surface area is 154 Å². The predicted molar refractivity (Wildman–Crippen MR) is 96.9 cm³/mol. The maximum absolute atomic E-state index is 12.8. The lowest BCUT2D eigenvalue weighted by molar-refractivity contribution is -0.141. The second-order valence-corrected chi connectivity index (χ2v) is 6.64. The third-order valence-corrected chi connectivity index (χ3v) is 4.12. The van der Waals surface area contributed by atoms with E-state index >= 15 is 0 Å². The van der Waals surface area contributed by atoms with E-state index in [9.17, 15) is 9.59 Å². The van der Waals surface area contributed by atoms with E-state index in [0.29, 0.717) is 17.8 Å². The van der Waals surface area contributed by atoms with E-state index in [4.69, 9.17) is 23.2 Å². The van der Waals surface area contributed by atoms with Crippen molar-refractivity contribution in [3.63, 3.8) is 0 Å². The number of fused-ring (bicyclic) bond motifs is 1. The van der Waals surface area contributed by atoms with Gasteiger partial charge < -0.3 is 9.74 Å². The quantitative estimate of drug-likeness (QED) is 0.465. The van der Waals surface area contributed by atoms with Crippen molar-refractivity contribution in [3.8, 4) is 0 Å². The minimum atomic E-state index is -1.36. The van der Waals surface area contributed by atoms with Crippen molar-refractivity contribution in [2.45, 2.75) is 18.3 Å². The Morgan fingerprint density at radius 2 is 1.84 bits per heavy atom. The van der Waals surface area contributed by atoms with Crippen LogP contribution in [0.2, 0.25) is 0 Å². The van der Waals surface area contributed by atoms with Gasteiger partial charge in [0, 0.05) is 5.56 Å². The van der Waals surface area contributed by atoms with Gasteiger partial charge in [0.15, 0.2) is 5.71 Å². The molecule has 0 aliphatic carbocycles. The number of benzene rings is 2. The SMILES string of the molecule is Cc1ccc(CN2C(=O)/C(=N/OC(=O)C(Cl)Cl)c3ccccc32)cc1. The van der Waals surface area contributed by atoms with E-state index in [2.05, 4.69) is 9.99 Å². The van der Waals surface area contributed by atoms with Gasteiger partial charge in [0.1, 0.15) is 0 Å². The van der Waals surface area contributed by atoms with Crippen LogP contribution in [0, 0.1) is 6.92 Å². The summed E-state index contributed by atoms with van der Waals surface area (Å²) in [5.74, 6) is -1.28. The molecule has 5 nitrogen and oxygen atoms in total. The Balaban J connectivity index is 1.91. The topological polar surface area (TPSA) is 59.0 Å². The number of anilines is 1. The molecule has 0 bridgehead atoms. The molecule has 0 spiro atoms. The second-order valence-electron chi connectivity index (χ2n) is 5.54. The Kier molecular flexibility index (Phi) is 5.06. The first-order valence-electron chi connectivity index (χ1n) is 7.51. The van der Waals surface area contributed by atoms with E-state index in [1.165, 1.54) is 0 Å². The van der Waals surface area contributed by atoms with Gasteiger partial charge in [0.2, 0.25) is 4.84 Å². The average Bonchev–Trinajstić information content (AvgIpc) is 2.86. The lowest BCUT2D eigenvalue weighted by Gasteiger charge is -2.16. The molecule has 0 atom stereocenters. The molecule has 7 heteroatoms. The first-order valence-corrected chi connectivity index (χ1v) is 8.38. The smallest absolute Gasteiger partial charge is 0.314 e. The second kappa shape index (κ2) is 7.25. The molecule has 1 heterocycles.